The van der Waals surface area contributed by atoms with Crippen molar-refractivity contribution in [3.8, 4) is 28.5 Å². The van der Waals surface area contributed by atoms with E-state index in [4.69, 9.17) is 14.2 Å². The van der Waals surface area contributed by atoms with Crippen molar-refractivity contribution in [3.05, 3.63) is 54.6 Å². The number of methoxy groups -OCH3 is 3. The van der Waals surface area contributed by atoms with Gasteiger partial charge in [-0.05, 0) is 61.4 Å². The Balaban J connectivity index is 1.43. The summed E-state index contributed by atoms with van der Waals surface area (Å²) in [6.45, 7) is 1.41. The molecule has 0 bridgehead atoms. The average molecular weight is 449 g/mol. The van der Waals surface area contributed by atoms with Crippen molar-refractivity contribution in [2.45, 2.75) is 12.8 Å². The van der Waals surface area contributed by atoms with E-state index in [0.29, 0.717) is 23.7 Å². The Bertz CT molecular complexity index is 1090. The Labute approximate surface area is 193 Å². The molecule has 8 nitrogen and oxygen atoms in total. The Hall–Kier alpha value is -3.81. The number of hydrogen-bond acceptors (Lipinski definition) is 7. The monoisotopic (exact) mass is 448 g/mol. The molecule has 8 heteroatoms. The quantitative estimate of drug-likeness (QED) is 0.584. The molecule has 2 heterocycles. The largest absolute Gasteiger partial charge is 0.497 e. The van der Waals surface area contributed by atoms with Crippen molar-refractivity contribution in [1.82, 2.24) is 10.2 Å². The van der Waals surface area contributed by atoms with E-state index in [0.717, 1.165) is 42.2 Å². The summed E-state index contributed by atoms with van der Waals surface area (Å²) in [6.07, 6.45) is 1.71. The summed E-state index contributed by atoms with van der Waals surface area (Å²) in [5, 5.41) is 11.8. The van der Waals surface area contributed by atoms with Gasteiger partial charge in [-0.1, -0.05) is 0 Å². The SMILES string of the molecule is COc1ccc(-c2ccc(N3CCCC(C(=O)Nc4cc(OC)ccc4OC)C3)nn2)cc1. The van der Waals surface area contributed by atoms with E-state index in [1.165, 1.54) is 0 Å². The molecule has 4 rings (SSSR count). The molecule has 1 unspecified atom stereocenters. The number of nitrogens with zero attached hydrogens (tertiary/aromatic N) is 3. The Morgan fingerprint density at radius 1 is 0.939 bits per heavy atom. The minimum Gasteiger partial charge on any atom is -0.497 e. The maximum absolute atomic E-state index is 13.0. The molecule has 0 saturated carbocycles. The van der Waals surface area contributed by atoms with Gasteiger partial charge in [0, 0.05) is 24.7 Å². The number of carbonyl (C=O) groups is 1. The number of nitrogens with one attached hydrogen (secondary N) is 1. The van der Waals surface area contributed by atoms with Crippen molar-refractivity contribution < 1.29 is 19.0 Å². The van der Waals surface area contributed by atoms with Crippen LogP contribution in [0.5, 0.6) is 17.2 Å². The summed E-state index contributed by atoms with van der Waals surface area (Å²) >= 11 is 0. The zero-order valence-electron chi connectivity index (χ0n) is 19.1. The highest BCUT2D eigenvalue weighted by atomic mass is 16.5. The molecule has 3 aromatic rings. The van der Waals surface area contributed by atoms with Gasteiger partial charge in [-0.25, -0.2) is 0 Å². The lowest BCUT2D eigenvalue weighted by Crippen LogP contribution is -2.41. The first-order valence-electron chi connectivity index (χ1n) is 10.9. The van der Waals surface area contributed by atoms with Crippen molar-refractivity contribution in [3.63, 3.8) is 0 Å². The lowest BCUT2D eigenvalue weighted by molar-refractivity contribution is -0.120. The summed E-state index contributed by atoms with van der Waals surface area (Å²) in [4.78, 5) is 15.1. The Morgan fingerprint density at radius 2 is 1.70 bits per heavy atom. The van der Waals surface area contributed by atoms with Crippen LogP contribution in [0.3, 0.4) is 0 Å². The molecule has 0 spiro atoms. The lowest BCUT2D eigenvalue weighted by Gasteiger charge is -2.32. The fourth-order valence-electron chi connectivity index (χ4n) is 3.96. The second-order valence-corrected chi connectivity index (χ2v) is 7.85. The highest BCUT2D eigenvalue weighted by Gasteiger charge is 2.27. The standard InChI is InChI=1S/C25H28N4O4/c1-31-19-8-6-17(7-9-19)21-11-13-24(28-27-21)29-14-4-5-18(16-29)25(30)26-22-15-20(32-2)10-12-23(22)33-3/h6-13,15,18H,4-5,14,16H2,1-3H3,(H,26,30). The molecule has 1 aliphatic rings. The molecule has 1 N–H and O–H groups in total. The van der Waals surface area contributed by atoms with Crippen LogP contribution < -0.4 is 24.4 Å². The molecule has 1 aliphatic heterocycles. The Kier molecular flexibility index (Phi) is 6.92. The normalized spacial score (nSPS) is 15.6. The van der Waals surface area contributed by atoms with E-state index in [9.17, 15) is 4.79 Å². The van der Waals surface area contributed by atoms with Crippen LogP contribution in [0.4, 0.5) is 11.5 Å². The minimum atomic E-state index is -0.169. The number of amides is 1. The van der Waals surface area contributed by atoms with Gasteiger partial charge in [0.2, 0.25) is 5.91 Å². The van der Waals surface area contributed by atoms with Gasteiger partial charge >= 0.3 is 0 Å². The van der Waals surface area contributed by atoms with Gasteiger partial charge < -0.3 is 24.4 Å². The Morgan fingerprint density at radius 3 is 2.36 bits per heavy atom. The van der Waals surface area contributed by atoms with E-state index in [1.807, 2.05) is 36.4 Å². The molecule has 1 saturated heterocycles. The van der Waals surface area contributed by atoms with E-state index in [1.54, 1.807) is 39.5 Å². The highest BCUT2D eigenvalue weighted by molar-refractivity contribution is 5.94. The topological polar surface area (TPSA) is 85.8 Å². The number of carbonyl (C=O) groups excluding carboxylic acids is 1. The summed E-state index contributed by atoms with van der Waals surface area (Å²) in [5.41, 5.74) is 2.36. The molecule has 33 heavy (non-hydrogen) atoms. The first kappa shape index (κ1) is 22.4. The average Bonchev–Trinajstić information content (AvgIpc) is 2.89. The predicted octanol–water partition coefficient (Wildman–Crippen LogP) is 4.02. The zero-order chi connectivity index (χ0) is 23.2. The highest BCUT2D eigenvalue weighted by Crippen LogP contribution is 2.30. The smallest absolute Gasteiger partial charge is 0.229 e. The molecule has 1 aromatic heterocycles. The molecule has 1 amide bonds. The molecular formula is C25H28N4O4. The second kappa shape index (κ2) is 10.2. The number of hydrogen-bond donors (Lipinski definition) is 1. The van der Waals surface area contributed by atoms with Crippen LogP contribution in [0.1, 0.15) is 12.8 Å². The summed E-state index contributed by atoms with van der Waals surface area (Å²) in [6, 6.07) is 17.0. The van der Waals surface area contributed by atoms with E-state index in [2.05, 4.69) is 20.4 Å². The molecule has 0 aliphatic carbocycles. The fraction of sp³-hybridized carbons (Fsp3) is 0.320. The number of ether oxygens (including phenoxy) is 3. The van der Waals surface area contributed by atoms with Crippen molar-refractivity contribution in [2.24, 2.45) is 5.92 Å². The number of rotatable bonds is 7. The lowest BCUT2D eigenvalue weighted by atomic mass is 9.97. The third kappa shape index (κ3) is 5.16. The summed E-state index contributed by atoms with van der Waals surface area (Å²) in [5.74, 6) is 2.60. The van der Waals surface area contributed by atoms with Gasteiger partial charge in [0.15, 0.2) is 5.82 Å². The zero-order valence-corrected chi connectivity index (χ0v) is 19.1. The van der Waals surface area contributed by atoms with Crippen LogP contribution in [0, 0.1) is 5.92 Å². The maximum Gasteiger partial charge on any atom is 0.229 e. The van der Waals surface area contributed by atoms with Crippen LogP contribution in [0.2, 0.25) is 0 Å². The molecule has 0 radical (unpaired) electrons. The van der Waals surface area contributed by atoms with Crippen LogP contribution >= 0.6 is 0 Å². The van der Waals surface area contributed by atoms with Gasteiger partial charge in [0.1, 0.15) is 17.2 Å². The van der Waals surface area contributed by atoms with Gasteiger partial charge in [0.25, 0.3) is 0 Å². The predicted molar refractivity (Wildman–Crippen MR) is 127 cm³/mol. The molecule has 172 valence electrons. The van der Waals surface area contributed by atoms with Crippen molar-refractivity contribution in [2.75, 3.05) is 44.6 Å². The van der Waals surface area contributed by atoms with Crippen LogP contribution in [-0.4, -0.2) is 50.5 Å². The first-order chi connectivity index (χ1) is 16.1. The fourth-order valence-corrected chi connectivity index (χ4v) is 3.96. The summed E-state index contributed by atoms with van der Waals surface area (Å²) in [7, 11) is 4.81. The number of aromatic nitrogens is 2. The molecule has 1 atom stereocenters. The number of benzene rings is 2. The van der Waals surface area contributed by atoms with E-state index in [-0.39, 0.29) is 11.8 Å². The summed E-state index contributed by atoms with van der Waals surface area (Å²) < 4.78 is 15.9. The molecular weight excluding hydrogens is 420 g/mol. The number of anilines is 2. The van der Waals surface area contributed by atoms with Crippen LogP contribution in [0.15, 0.2) is 54.6 Å². The maximum atomic E-state index is 13.0. The molecule has 2 aromatic carbocycles. The van der Waals surface area contributed by atoms with Gasteiger partial charge in [0.05, 0.1) is 38.6 Å². The second-order valence-electron chi connectivity index (χ2n) is 7.85. The van der Waals surface area contributed by atoms with Gasteiger partial charge in [-0.15, -0.1) is 10.2 Å². The van der Waals surface area contributed by atoms with Crippen molar-refractivity contribution >= 4 is 17.4 Å². The van der Waals surface area contributed by atoms with Gasteiger partial charge in [-0.2, -0.15) is 0 Å². The number of piperidine rings is 1. The third-order valence-corrected chi connectivity index (χ3v) is 5.82. The van der Waals surface area contributed by atoms with Crippen LogP contribution in [0.25, 0.3) is 11.3 Å². The van der Waals surface area contributed by atoms with E-state index < -0.39 is 0 Å². The van der Waals surface area contributed by atoms with Gasteiger partial charge in [-0.3, -0.25) is 4.79 Å². The van der Waals surface area contributed by atoms with Crippen LogP contribution in [-0.2, 0) is 4.79 Å². The molecule has 1 fully saturated rings. The first-order valence-corrected chi connectivity index (χ1v) is 10.9. The van der Waals surface area contributed by atoms with E-state index >= 15 is 0 Å². The minimum absolute atomic E-state index is 0.0472. The third-order valence-electron chi connectivity index (χ3n) is 5.82. The van der Waals surface area contributed by atoms with Crippen molar-refractivity contribution in [1.29, 1.82) is 0 Å².